The molecule has 0 spiro atoms. The minimum absolute atomic E-state index is 0.143. The van der Waals surface area contributed by atoms with Gasteiger partial charge in [0.2, 0.25) is 25.0 Å². The van der Waals surface area contributed by atoms with Gasteiger partial charge in [-0.15, -0.1) is 0 Å². The molecule has 0 saturated heterocycles. The zero-order chi connectivity index (χ0) is 45.4. The largest absolute Gasteiger partial charge is 0.544 e. The molecule has 0 heterocycles. The Morgan fingerprint density at radius 1 is 0.293 bits per heavy atom. The van der Waals surface area contributed by atoms with Gasteiger partial charge in [-0.25, -0.2) is 0 Å². The third-order valence-corrected chi connectivity index (χ3v) is 14.8. The van der Waals surface area contributed by atoms with Crippen molar-refractivity contribution in [1.82, 2.24) is 0 Å². The molecule has 0 aliphatic heterocycles. The lowest BCUT2D eigenvalue weighted by Gasteiger charge is -2.38. The fourth-order valence-electron chi connectivity index (χ4n) is 7.27. The second-order valence-corrected chi connectivity index (χ2v) is 41.6. The lowest BCUT2D eigenvalue weighted by atomic mass is 9.79. The summed E-state index contributed by atoms with van der Waals surface area (Å²) < 4.78 is 21.5. The Hall–Kier alpha value is -1.86. The van der Waals surface area contributed by atoms with Gasteiger partial charge in [0.1, 0.15) is 17.2 Å². The molecule has 0 bridgehead atoms. The highest BCUT2D eigenvalue weighted by molar-refractivity contribution is 7.79. The second-order valence-electron chi connectivity index (χ2n) is 26.1. The van der Waals surface area contributed by atoms with E-state index in [0.29, 0.717) is 0 Å². The van der Waals surface area contributed by atoms with Crippen LogP contribution in [0.4, 0.5) is 0 Å². The van der Waals surface area contributed by atoms with Crippen LogP contribution < -0.4 is 29.2 Å². The molecule has 0 aliphatic rings. The average Bonchev–Trinajstić information content (AvgIpc) is 2.93. The first kappa shape index (κ1) is 50.5. The van der Waals surface area contributed by atoms with Crippen LogP contribution in [0.3, 0.4) is 0 Å². The number of rotatable bonds is 9. The molecule has 7 heteroatoms. The van der Waals surface area contributed by atoms with Crippen molar-refractivity contribution in [3.63, 3.8) is 0 Å². The molecule has 3 rings (SSSR count). The fraction of sp³-hybridized carbons (Fsp3) is 0.647. The van der Waals surface area contributed by atoms with Crippen LogP contribution in [0.5, 0.6) is 17.2 Å². The summed E-state index contributed by atoms with van der Waals surface area (Å²) in [6, 6.07) is 15.2. The highest BCUT2D eigenvalue weighted by atomic mass is 31.1. The molecule has 0 atom stereocenters. The van der Waals surface area contributed by atoms with E-state index in [1.165, 1.54) is 49.3 Å². The maximum atomic E-state index is 7.16. The zero-order valence-electron chi connectivity index (χ0n) is 42.6. The van der Waals surface area contributed by atoms with E-state index < -0.39 is 32.9 Å². The van der Waals surface area contributed by atoms with Crippen LogP contribution in [-0.4, -0.2) is 25.0 Å². The quantitative estimate of drug-likeness (QED) is 0.158. The van der Waals surface area contributed by atoms with E-state index in [-0.39, 0.29) is 32.5 Å². The first-order valence-corrected chi connectivity index (χ1v) is 33.4. The van der Waals surface area contributed by atoms with E-state index in [0.717, 1.165) is 17.2 Å². The maximum Gasteiger partial charge on any atom is 0.242 e. The van der Waals surface area contributed by atoms with Gasteiger partial charge in [-0.3, -0.25) is 0 Å². The van der Waals surface area contributed by atoms with Gasteiger partial charge >= 0.3 is 0 Å². The zero-order valence-corrected chi connectivity index (χ0v) is 46.5. The SMILES string of the molecule is CC(C)(C)c1cc(P(c2cc(C(C)(C)C)c(O[Si](C)(C)C)c(C(C)(C)C)c2)c2cc(C(C)(C)C)c(O[Si](C)(C)C)c(C(C)(C)C)c2)cc(C(C)(C)C)c1O[Si](C)(C)C. The Bertz CT molecular complexity index is 1620. The van der Waals surface area contributed by atoms with Gasteiger partial charge in [0.25, 0.3) is 0 Å². The molecule has 0 aromatic heterocycles. The summed E-state index contributed by atoms with van der Waals surface area (Å²) >= 11 is 0. The third-order valence-electron chi connectivity index (χ3n) is 10.1. The highest BCUT2D eigenvalue weighted by Crippen LogP contribution is 2.49. The Morgan fingerprint density at radius 2 is 0.431 bits per heavy atom. The predicted molar refractivity (Wildman–Crippen MR) is 269 cm³/mol. The Morgan fingerprint density at radius 3 is 0.534 bits per heavy atom. The predicted octanol–water partition coefficient (Wildman–Crippen LogP) is 14.9. The van der Waals surface area contributed by atoms with Crippen molar-refractivity contribution < 1.29 is 13.3 Å². The highest BCUT2D eigenvalue weighted by Gasteiger charge is 2.38. The smallest absolute Gasteiger partial charge is 0.242 e. The van der Waals surface area contributed by atoms with Crippen LogP contribution in [0.2, 0.25) is 58.9 Å². The van der Waals surface area contributed by atoms with Crippen LogP contribution in [-0.2, 0) is 32.5 Å². The van der Waals surface area contributed by atoms with Crippen LogP contribution in [0.1, 0.15) is 158 Å². The van der Waals surface area contributed by atoms with Gasteiger partial charge in [0.05, 0.1) is 0 Å². The minimum atomic E-state index is -1.97. The lowest BCUT2D eigenvalue weighted by molar-refractivity contribution is 0.477. The molecule has 0 radical (unpaired) electrons. The number of hydrogen-bond acceptors (Lipinski definition) is 3. The molecule has 0 unspecified atom stereocenters. The van der Waals surface area contributed by atoms with E-state index in [1.54, 1.807) is 0 Å². The lowest BCUT2D eigenvalue weighted by Crippen LogP contribution is -2.36. The summed E-state index contributed by atoms with van der Waals surface area (Å²) in [5.74, 6) is 3.27. The molecule has 0 amide bonds. The molecule has 3 aromatic carbocycles. The summed E-state index contributed by atoms with van der Waals surface area (Å²) in [6.45, 7) is 63.2. The fourth-order valence-corrected chi connectivity index (χ4v) is 12.2. The van der Waals surface area contributed by atoms with Crippen LogP contribution in [0, 0.1) is 0 Å². The van der Waals surface area contributed by atoms with Crippen molar-refractivity contribution in [3.05, 3.63) is 69.8 Å². The molecule has 58 heavy (non-hydrogen) atoms. The van der Waals surface area contributed by atoms with Crippen LogP contribution >= 0.6 is 7.92 Å². The third kappa shape index (κ3) is 12.8. The number of hydrogen-bond donors (Lipinski definition) is 0. The normalized spacial score (nSPS) is 14.3. The van der Waals surface area contributed by atoms with Gasteiger partial charge in [0, 0.05) is 0 Å². The molecule has 0 saturated carbocycles. The van der Waals surface area contributed by atoms with Crippen LogP contribution in [0.15, 0.2) is 36.4 Å². The number of benzene rings is 3. The van der Waals surface area contributed by atoms with E-state index in [4.69, 9.17) is 13.3 Å². The summed E-state index contributed by atoms with van der Waals surface area (Å²) in [7, 11) is -7.01. The summed E-state index contributed by atoms with van der Waals surface area (Å²) in [5, 5.41) is 4.10. The van der Waals surface area contributed by atoms with Crippen molar-refractivity contribution in [2.45, 2.75) is 216 Å². The van der Waals surface area contributed by atoms with Crippen molar-refractivity contribution in [2.24, 2.45) is 0 Å². The standard InChI is InChI=1S/C51H87O3PSi3/c1-46(2,3)37-28-34(29-38(47(4,5)6)43(37)52-56(19,20)21)55(35-30-39(48(7,8)9)44(53-57(22,23)24)40(31-35)49(10,11)12)36-32-41(50(13,14)15)45(54-58(25,26)27)42(33-36)51(16,17)18/h28-33H,1-27H3. The van der Waals surface area contributed by atoms with Crippen molar-refractivity contribution in [1.29, 1.82) is 0 Å². The Balaban J connectivity index is 2.87. The van der Waals surface area contributed by atoms with Crippen molar-refractivity contribution in [2.75, 3.05) is 0 Å². The van der Waals surface area contributed by atoms with Gasteiger partial charge in [-0.2, -0.15) is 0 Å². The molecule has 326 valence electrons. The molecule has 0 aliphatic carbocycles. The molecular formula is C51H87O3PSi3. The summed E-state index contributed by atoms with van der Waals surface area (Å²) in [4.78, 5) is 0. The molecule has 3 aromatic rings. The molecule has 0 N–H and O–H groups in total. The van der Waals surface area contributed by atoms with Crippen LogP contribution in [0.25, 0.3) is 0 Å². The van der Waals surface area contributed by atoms with Crippen molar-refractivity contribution >= 4 is 48.8 Å². The monoisotopic (exact) mass is 863 g/mol. The summed E-state index contributed by atoms with van der Waals surface area (Å²) in [5.41, 5.74) is 6.90. The Labute approximate surface area is 363 Å². The van der Waals surface area contributed by atoms with E-state index in [9.17, 15) is 0 Å². The summed E-state index contributed by atoms with van der Waals surface area (Å²) in [6.07, 6.45) is 0. The van der Waals surface area contributed by atoms with Crippen molar-refractivity contribution in [3.8, 4) is 17.2 Å². The Kier molecular flexibility index (Phi) is 14.0. The first-order valence-electron chi connectivity index (χ1n) is 21.9. The molecule has 0 fully saturated rings. The molecular weight excluding hydrogens is 776 g/mol. The van der Waals surface area contributed by atoms with Gasteiger partial charge < -0.3 is 13.3 Å². The molecule has 3 nitrogen and oxygen atoms in total. The maximum absolute atomic E-state index is 7.16. The van der Waals surface area contributed by atoms with E-state index in [2.05, 4.69) is 220 Å². The van der Waals surface area contributed by atoms with E-state index in [1.807, 2.05) is 0 Å². The van der Waals surface area contributed by atoms with E-state index >= 15 is 0 Å². The average molecular weight is 863 g/mol. The van der Waals surface area contributed by atoms with Gasteiger partial charge in [-0.1, -0.05) is 125 Å². The van der Waals surface area contributed by atoms with Gasteiger partial charge in [0.15, 0.2) is 0 Å². The van der Waals surface area contributed by atoms with Gasteiger partial charge in [-0.05, 0) is 185 Å². The second kappa shape index (κ2) is 16.1. The topological polar surface area (TPSA) is 27.7 Å². The minimum Gasteiger partial charge on any atom is -0.544 e. The first-order chi connectivity index (χ1) is 25.4.